The minimum absolute atomic E-state index is 0. The molecular weight excluding hydrogens is 212 g/mol. The van der Waals surface area contributed by atoms with E-state index >= 15 is 0 Å². The Morgan fingerprint density at radius 2 is 2.13 bits per heavy atom. The third-order valence-electron chi connectivity index (χ3n) is 2.53. The van der Waals surface area contributed by atoms with E-state index in [4.69, 9.17) is 5.11 Å². The molecule has 1 heterocycles. The normalized spacial score (nSPS) is 18.9. The summed E-state index contributed by atoms with van der Waals surface area (Å²) in [5.41, 5.74) is 2.43. The van der Waals surface area contributed by atoms with Crippen molar-refractivity contribution in [3.63, 3.8) is 0 Å². The quantitative estimate of drug-likeness (QED) is 0.543. The second-order valence-electron chi connectivity index (χ2n) is 3.45. The first-order valence-electron chi connectivity index (χ1n) is 4.96. The summed E-state index contributed by atoms with van der Waals surface area (Å²) in [6, 6.07) is 8.24. The number of aliphatic hydroxyl groups excluding tert-OH is 1. The van der Waals surface area contributed by atoms with Crippen molar-refractivity contribution >= 4 is 11.9 Å². The molecule has 1 aliphatic heterocycles. The fourth-order valence-electron chi connectivity index (χ4n) is 1.82. The Kier molecular flexibility index (Phi) is 4.75. The highest BCUT2D eigenvalue weighted by molar-refractivity contribution is 5.85. The van der Waals surface area contributed by atoms with Gasteiger partial charge in [0.1, 0.15) is 18.8 Å². The van der Waals surface area contributed by atoms with Crippen LogP contribution in [0.1, 0.15) is 5.56 Å². The summed E-state index contributed by atoms with van der Waals surface area (Å²) >= 11 is 0. The molecule has 1 aromatic rings. The lowest BCUT2D eigenvalue weighted by Gasteiger charge is -2.16. The number of nitrogens with zero attached hydrogens (tertiary/aromatic N) is 1. The van der Waals surface area contributed by atoms with E-state index in [2.05, 4.69) is 17.1 Å². The maximum Gasteiger partial charge on any atom is 0.140 e. The molecule has 0 saturated heterocycles. The summed E-state index contributed by atoms with van der Waals surface area (Å²) in [7, 11) is 0. The average Bonchev–Trinajstić information content (AvgIpc) is 2.42. The van der Waals surface area contributed by atoms with Gasteiger partial charge in [0.2, 0.25) is 0 Å². The molecule has 0 spiro atoms. The van der Waals surface area contributed by atoms with Crippen LogP contribution in [-0.4, -0.2) is 37.6 Å². The summed E-state index contributed by atoms with van der Waals surface area (Å²) in [4.78, 5) is 5.64. The molecular formula is C11H15ClN2O. The fraction of sp³-hybridized carbons (Fsp3) is 0.364. The smallest absolute Gasteiger partial charge is 0.140 e. The molecule has 0 saturated carbocycles. The average molecular weight is 227 g/mol. The SMILES string of the molecule is OCC[NH+]1CCN=Cc2ccccc21.[Cl-]. The number of hydrogen-bond acceptors (Lipinski definition) is 2. The van der Waals surface area contributed by atoms with Gasteiger partial charge in [-0.25, -0.2) is 0 Å². The van der Waals surface area contributed by atoms with Crippen molar-refractivity contribution < 1.29 is 22.4 Å². The van der Waals surface area contributed by atoms with Gasteiger partial charge in [-0.05, 0) is 12.1 Å². The number of fused-ring (bicyclic) bond motifs is 1. The number of rotatable bonds is 2. The van der Waals surface area contributed by atoms with E-state index in [9.17, 15) is 0 Å². The molecule has 2 N–H and O–H groups in total. The standard InChI is InChI=1S/C11H14N2O.ClH/c14-8-7-13-6-5-12-9-10-3-1-2-4-11(10)13;/h1-4,9,14H,5-8H2;1H. The maximum absolute atomic E-state index is 8.97. The van der Waals surface area contributed by atoms with Crippen LogP contribution < -0.4 is 17.3 Å². The highest BCUT2D eigenvalue weighted by atomic mass is 35.5. The monoisotopic (exact) mass is 226 g/mol. The predicted molar refractivity (Wildman–Crippen MR) is 56.3 cm³/mol. The number of halogens is 1. The maximum atomic E-state index is 8.97. The number of hydrogen-bond donors (Lipinski definition) is 2. The number of benzene rings is 1. The first kappa shape index (κ1) is 12.2. The fourth-order valence-corrected chi connectivity index (χ4v) is 1.82. The highest BCUT2D eigenvalue weighted by Gasteiger charge is 2.16. The zero-order valence-electron chi connectivity index (χ0n) is 8.49. The van der Waals surface area contributed by atoms with Crippen molar-refractivity contribution in [1.29, 1.82) is 0 Å². The molecule has 15 heavy (non-hydrogen) atoms. The Balaban J connectivity index is 0.00000112. The largest absolute Gasteiger partial charge is 1.00 e. The van der Waals surface area contributed by atoms with Gasteiger partial charge in [0, 0.05) is 6.21 Å². The Labute approximate surface area is 95.9 Å². The van der Waals surface area contributed by atoms with Crippen molar-refractivity contribution in [2.75, 3.05) is 26.2 Å². The number of benzodiazepines with no additional fused rings is 1. The molecule has 1 aromatic carbocycles. The van der Waals surface area contributed by atoms with E-state index in [0.717, 1.165) is 19.6 Å². The van der Waals surface area contributed by atoms with Crippen molar-refractivity contribution in [3.05, 3.63) is 29.8 Å². The van der Waals surface area contributed by atoms with E-state index in [1.54, 1.807) is 0 Å². The number of quaternary nitrogens is 1. The van der Waals surface area contributed by atoms with Gasteiger partial charge in [0.05, 0.1) is 18.7 Å². The van der Waals surface area contributed by atoms with Gasteiger partial charge < -0.3 is 17.5 Å². The number of para-hydroxylation sites is 1. The van der Waals surface area contributed by atoms with Gasteiger partial charge in [-0.2, -0.15) is 0 Å². The predicted octanol–water partition coefficient (Wildman–Crippen LogP) is -3.37. The number of aliphatic imine (C=N–C) groups is 1. The molecule has 1 aliphatic rings. The first-order valence-corrected chi connectivity index (χ1v) is 4.96. The molecule has 3 nitrogen and oxygen atoms in total. The van der Waals surface area contributed by atoms with E-state index in [1.807, 2.05) is 18.3 Å². The lowest BCUT2D eigenvalue weighted by Crippen LogP contribution is -3.08. The summed E-state index contributed by atoms with van der Waals surface area (Å²) in [6.45, 7) is 2.79. The Morgan fingerprint density at radius 1 is 1.33 bits per heavy atom. The van der Waals surface area contributed by atoms with Gasteiger partial charge in [-0.15, -0.1) is 0 Å². The van der Waals surface area contributed by atoms with Crippen LogP contribution in [0.3, 0.4) is 0 Å². The van der Waals surface area contributed by atoms with Crippen molar-refractivity contribution in [2.45, 2.75) is 0 Å². The van der Waals surface area contributed by atoms with Gasteiger partial charge in [0.25, 0.3) is 0 Å². The highest BCUT2D eigenvalue weighted by Crippen LogP contribution is 2.08. The molecule has 0 radical (unpaired) electrons. The third-order valence-corrected chi connectivity index (χ3v) is 2.53. The molecule has 1 atom stereocenters. The first-order chi connectivity index (χ1) is 6.92. The molecule has 0 fully saturated rings. The summed E-state index contributed by atoms with van der Waals surface area (Å²) in [5, 5.41) is 8.97. The van der Waals surface area contributed by atoms with Crippen LogP contribution in [0.4, 0.5) is 5.69 Å². The van der Waals surface area contributed by atoms with Gasteiger partial charge in [-0.1, -0.05) is 12.1 Å². The second-order valence-corrected chi connectivity index (χ2v) is 3.45. The summed E-state index contributed by atoms with van der Waals surface area (Å²) in [6.07, 6.45) is 1.93. The van der Waals surface area contributed by atoms with Crippen molar-refractivity contribution in [1.82, 2.24) is 0 Å². The summed E-state index contributed by atoms with van der Waals surface area (Å²) in [5.74, 6) is 0. The zero-order chi connectivity index (χ0) is 9.80. The van der Waals surface area contributed by atoms with Crippen molar-refractivity contribution in [2.24, 2.45) is 4.99 Å². The van der Waals surface area contributed by atoms with Crippen LogP contribution in [0, 0.1) is 0 Å². The Morgan fingerprint density at radius 3 is 2.93 bits per heavy atom. The minimum atomic E-state index is 0. The van der Waals surface area contributed by atoms with E-state index in [1.165, 1.54) is 16.2 Å². The molecule has 0 bridgehead atoms. The lowest BCUT2D eigenvalue weighted by atomic mass is 10.2. The number of aliphatic hydroxyl groups is 1. The molecule has 1 unspecified atom stereocenters. The van der Waals surface area contributed by atoms with Gasteiger partial charge in [0.15, 0.2) is 0 Å². The number of nitrogens with one attached hydrogen (secondary N) is 1. The molecule has 4 heteroatoms. The van der Waals surface area contributed by atoms with Gasteiger partial charge in [-0.3, -0.25) is 9.89 Å². The van der Waals surface area contributed by atoms with Gasteiger partial charge >= 0.3 is 0 Å². The van der Waals surface area contributed by atoms with E-state index in [-0.39, 0.29) is 19.0 Å². The minimum Gasteiger partial charge on any atom is -1.00 e. The Hall–Kier alpha value is -0.900. The van der Waals surface area contributed by atoms with Crippen LogP contribution in [0.2, 0.25) is 0 Å². The van der Waals surface area contributed by atoms with E-state index in [0.29, 0.717) is 0 Å². The summed E-state index contributed by atoms with van der Waals surface area (Å²) < 4.78 is 0. The second kappa shape index (κ2) is 5.85. The molecule has 0 amide bonds. The van der Waals surface area contributed by atoms with E-state index < -0.39 is 0 Å². The van der Waals surface area contributed by atoms with Crippen LogP contribution in [0.15, 0.2) is 29.3 Å². The topological polar surface area (TPSA) is 37.0 Å². The molecule has 0 aromatic heterocycles. The van der Waals surface area contributed by atoms with Crippen LogP contribution in [0.5, 0.6) is 0 Å². The van der Waals surface area contributed by atoms with Crippen LogP contribution in [-0.2, 0) is 0 Å². The van der Waals surface area contributed by atoms with Crippen LogP contribution >= 0.6 is 0 Å². The zero-order valence-corrected chi connectivity index (χ0v) is 9.24. The molecule has 82 valence electrons. The van der Waals surface area contributed by atoms with Crippen molar-refractivity contribution in [3.8, 4) is 0 Å². The molecule has 2 rings (SSSR count). The lowest BCUT2D eigenvalue weighted by molar-refractivity contribution is -0.831. The third kappa shape index (κ3) is 2.78. The molecule has 0 aliphatic carbocycles. The van der Waals surface area contributed by atoms with Crippen LogP contribution in [0.25, 0.3) is 0 Å². The Bertz CT molecular complexity index is 341.